The third-order valence-electron chi connectivity index (χ3n) is 3.56. The molecule has 0 heterocycles. The quantitative estimate of drug-likeness (QED) is 0.843. The number of methoxy groups -OCH3 is 3. The van der Waals surface area contributed by atoms with E-state index >= 15 is 0 Å². The Balaban J connectivity index is 2.37. The summed E-state index contributed by atoms with van der Waals surface area (Å²) in [5.74, 6) is 0.139. The Hall–Kier alpha value is -2.74. The van der Waals surface area contributed by atoms with Crippen LogP contribution in [0.15, 0.2) is 41.3 Å². The SMILES string of the molecule is COc1ccc(OC)c(S(=O)(=O)NC(=O)c2ccc(C)c(OC)c2)c1. The highest BCUT2D eigenvalue weighted by Gasteiger charge is 2.24. The van der Waals surface area contributed by atoms with Crippen molar-refractivity contribution >= 4 is 15.9 Å². The highest BCUT2D eigenvalue weighted by molar-refractivity contribution is 7.90. The summed E-state index contributed by atoms with van der Waals surface area (Å²) in [5.41, 5.74) is 0.990. The lowest BCUT2D eigenvalue weighted by Crippen LogP contribution is -2.31. The van der Waals surface area contributed by atoms with E-state index in [1.807, 2.05) is 11.6 Å². The molecule has 2 aromatic carbocycles. The standard InChI is InChI=1S/C17H19NO6S/c1-11-5-6-12(9-15(11)24-4)17(19)18-25(20,21)16-10-13(22-2)7-8-14(16)23-3/h5-10H,1-4H3,(H,18,19). The maximum absolute atomic E-state index is 12.6. The van der Waals surface area contributed by atoms with E-state index < -0.39 is 15.9 Å². The number of benzene rings is 2. The summed E-state index contributed by atoms with van der Waals surface area (Å²) in [6.45, 7) is 1.82. The Kier molecular flexibility index (Phi) is 5.53. The zero-order valence-electron chi connectivity index (χ0n) is 14.3. The first-order valence-corrected chi connectivity index (χ1v) is 8.74. The maximum atomic E-state index is 12.6. The molecular weight excluding hydrogens is 346 g/mol. The summed E-state index contributed by atoms with van der Waals surface area (Å²) < 4.78 is 42.5. The highest BCUT2D eigenvalue weighted by atomic mass is 32.2. The minimum atomic E-state index is -4.16. The average Bonchev–Trinajstić information content (AvgIpc) is 2.61. The first-order valence-electron chi connectivity index (χ1n) is 7.26. The molecule has 0 aliphatic heterocycles. The number of rotatable bonds is 6. The van der Waals surface area contributed by atoms with Crippen LogP contribution < -0.4 is 18.9 Å². The zero-order chi connectivity index (χ0) is 18.6. The fourth-order valence-electron chi connectivity index (χ4n) is 2.19. The van der Waals surface area contributed by atoms with E-state index in [1.165, 1.54) is 45.6 Å². The van der Waals surface area contributed by atoms with Crippen LogP contribution >= 0.6 is 0 Å². The Labute approximate surface area is 146 Å². The fourth-order valence-corrected chi connectivity index (χ4v) is 3.35. The van der Waals surface area contributed by atoms with Crippen molar-refractivity contribution in [2.75, 3.05) is 21.3 Å². The molecule has 0 fully saturated rings. The smallest absolute Gasteiger partial charge is 0.268 e. The third-order valence-corrected chi connectivity index (χ3v) is 4.91. The van der Waals surface area contributed by atoms with E-state index in [9.17, 15) is 13.2 Å². The molecule has 0 aromatic heterocycles. The first kappa shape index (κ1) is 18.6. The van der Waals surface area contributed by atoms with Gasteiger partial charge in [-0.15, -0.1) is 0 Å². The fraction of sp³-hybridized carbons (Fsp3) is 0.235. The number of hydrogen-bond donors (Lipinski definition) is 1. The maximum Gasteiger partial charge on any atom is 0.268 e. The molecule has 0 aliphatic rings. The Morgan fingerprint density at radius 2 is 1.60 bits per heavy atom. The predicted octanol–water partition coefficient (Wildman–Crippen LogP) is 2.14. The minimum Gasteiger partial charge on any atom is -0.497 e. The van der Waals surface area contributed by atoms with Gasteiger partial charge in [-0.05, 0) is 36.8 Å². The third kappa shape index (κ3) is 4.03. The van der Waals surface area contributed by atoms with Gasteiger partial charge in [0.1, 0.15) is 22.1 Å². The highest BCUT2D eigenvalue weighted by Crippen LogP contribution is 2.28. The normalized spacial score (nSPS) is 10.9. The molecule has 1 N–H and O–H groups in total. The molecule has 0 unspecified atom stereocenters. The van der Waals surface area contributed by atoms with Crippen LogP contribution in [-0.2, 0) is 10.0 Å². The molecule has 2 rings (SSSR count). The van der Waals surface area contributed by atoms with Crippen molar-refractivity contribution in [3.8, 4) is 17.2 Å². The van der Waals surface area contributed by atoms with Crippen molar-refractivity contribution in [2.24, 2.45) is 0 Å². The van der Waals surface area contributed by atoms with Crippen LogP contribution in [-0.4, -0.2) is 35.7 Å². The summed E-state index contributed by atoms with van der Waals surface area (Å²) in [4.78, 5) is 12.2. The molecule has 134 valence electrons. The van der Waals surface area contributed by atoms with Crippen LogP contribution in [0.1, 0.15) is 15.9 Å². The average molecular weight is 365 g/mol. The van der Waals surface area contributed by atoms with Gasteiger partial charge in [0.15, 0.2) is 0 Å². The second-order valence-corrected chi connectivity index (χ2v) is 6.79. The van der Waals surface area contributed by atoms with Crippen LogP contribution in [0.2, 0.25) is 0 Å². The lowest BCUT2D eigenvalue weighted by molar-refractivity contribution is 0.0981. The van der Waals surface area contributed by atoms with Crippen LogP contribution in [0.4, 0.5) is 0 Å². The summed E-state index contributed by atoms with van der Waals surface area (Å²) in [6.07, 6.45) is 0. The van der Waals surface area contributed by atoms with Crippen LogP contribution in [0.5, 0.6) is 17.2 Å². The summed E-state index contributed by atoms with van der Waals surface area (Å²) >= 11 is 0. The molecule has 7 nitrogen and oxygen atoms in total. The molecule has 0 radical (unpaired) electrons. The molecule has 0 saturated carbocycles. The molecule has 0 bridgehead atoms. The Bertz CT molecular complexity index is 892. The van der Waals surface area contributed by atoms with Crippen molar-refractivity contribution in [1.29, 1.82) is 0 Å². The van der Waals surface area contributed by atoms with Crippen molar-refractivity contribution in [3.05, 3.63) is 47.5 Å². The number of carbonyl (C=O) groups excluding carboxylic acids is 1. The lowest BCUT2D eigenvalue weighted by atomic mass is 10.1. The number of nitrogens with one attached hydrogen (secondary N) is 1. The second kappa shape index (κ2) is 7.43. The molecule has 1 amide bonds. The molecule has 0 aliphatic carbocycles. The van der Waals surface area contributed by atoms with E-state index in [0.29, 0.717) is 11.5 Å². The molecule has 25 heavy (non-hydrogen) atoms. The van der Waals surface area contributed by atoms with E-state index in [4.69, 9.17) is 14.2 Å². The van der Waals surface area contributed by atoms with Gasteiger partial charge < -0.3 is 14.2 Å². The Morgan fingerprint density at radius 1 is 0.920 bits per heavy atom. The largest absolute Gasteiger partial charge is 0.497 e. The molecule has 2 aromatic rings. The molecule has 0 saturated heterocycles. The summed E-state index contributed by atoms with van der Waals surface area (Å²) in [5, 5.41) is 0. The van der Waals surface area contributed by atoms with E-state index in [-0.39, 0.29) is 16.2 Å². The van der Waals surface area contributed by atoms with Gasteiger partial charge in [-0.3, -0.25) is 4.79 Å². The van der Waals surface area contributed by atoms with Gasteiger partial charge in [-0.2, -0.15) is 0 Å². The second-order valence-electron chi connectivity index (χ2n) is 5.14. The minimum absolute atomic E-state index is 0.0996. The van der Waals surface area contributed by atoms with E-state index in [0.717, 1.165) is 5.56 Å². The van der Waals surface area contributed by atoms with Gasteiger partial charge in [-0.1, -0.05) is 6.07 Å². The van der Waals surface area contributed by atoms with Crippen LogP contribution in [0.3, 0.4) is 0 Å². The summed E-state index contributed by atoms with van der Waals surface area (Å²) in [6, 6.07) is 8.96. The topological polar surface area (TPSA) is 90.9 Å². The monoisotopic (exact) mass is 365 g/mol. The molecular formula is C17H19NO6S. The number of hydrogen-bond acceptors (Lipinski definition) is 6. The van der Waals surface area contributed by atoms with Crippen molar-refractivity contribution in [1.82, 2.24) is 4.72 Å². The van der Waals surface area contributed by atoms with E-state index in [1.54, 1.807) is 12.1 Å². The number of sulfonamides is 1. The van der Waals surface area contributed by atoms with E-state index in [2.05, 4.69) is 0 Å². The molecule has 0 spiro atoms. The van der Waals surface area contributed by atoms with Gasteiger partial charge in [0.2, 0.25) is 0 Å². The zero-order valence-corrected chi connectivity index (χ0v) is 15.1. The first-order chi connectivity index (χ1) is 11.8. The van der Waals surface area contributed by atoms with Crippen LogP contribution in [0, 0.1) is 6.92 Å². The van der Waals surface area contributed by atoms with Crippen LogP contribution in [0.25, 0.3) is 0 Å². The predicted molar refractivity (Wildman–Crippen MR) is 91.9 cm³/mol. The number of aryl methyl sites for hydroxylation is 1. The molecule has 0 atom stereocenters. The van der Waals surface area contributed by atoms with Gasteiger partial charge in [-0.25, -0.2) is 13.1 Å². The molecule has 8 heteroatoms. The van der Waals surface area contributed by atoms with Gasteiger partial charge in [0.05, 0.1) is 21.3 Å². The number of carbonyl (C=O) groups is 1. The van der Waals surface area contributed by atoms with Gasteiger partial charge in [0.25, 0.3) is 15.9 Å². The summed E-state index contributed by atoms with van der Waals surface area (Å²) in [7, 11) is 0.0689. The van der Waals surface area contributed by atoms with Gasteiger partial charge >= 0.3 is 0 Å². The number of ether oxygens (including phenoxy) is 3. The number of amides is 1. The Morgan fingerprint density at radius 3 is 2.20 bits per heavy atom. The lowest BCUT2D eigenvalue weighted by Gasteiger charge is -2.13. The van der Waals surface area contributed by atoms with Crippen molar-refractivity contribution in [3.63, 3.8) is 0 Å². The van der Waals surface area contributed by atoms with Crippen molar-refractivity contribution in [2.45, 2.75) is 11.8 Å². The van der Waals surface area contributed by atoms with Crippen molar-refractivity contribution < 1.29 is 27.4 Å². The van der Waals surface area contributed by atoms with Gasteiger partial charge in [0, 0.05) is 11.6 Å².